The first-order chi connectivity index (χ1) is 13.4. The largest absolute Gasteiger partial charge is 0.497 e. The van der Waals surface area contributed by atoms with Gasteiger partial charge in [0.1, 0.15) is 17.3 Å². The lowest BCUT2D eigenvalue weighted by Gasteiger charge is -2.10. The average Bonchev–Trinajstić information content (AvgIpc) is 3.13. The van der Waals surface area contributed by atoms with Gasteiger partial charge in [0.15, 0.2) is 5.11 Å². The van der Waals surface area contributed by atoms with Crippen LogP contribution in [0.1, 0.15) is 11.5 Å². The zero-order chi connectivity index (χ0) is 20.1. The summed E-state index contributed by atoms with van der Waals surface area (Å²) in [5.74, 6) is 1.96. The van der Waals surface area contributed by atoms with Crippen molar-refractivity contribution in [2.75, 3.05) is 19.5 Å². The number of imidazole rings is 1. The summed E-state index contributed by atoms with van der Waals surface area (Å²) in [5, 5.41) is 8.90. The Morgan fingerprint density at radius 1 is 1.25 bits per heavy atom. The van der Waals surface area contributed by atoms with Crippen molar-refractivity contribution in [3.05, 3.63) is 48.0 Å². The summed E-state index contributed by atoms with van der Waals surface area (Å²) in [6, 6.07) is 9.24. The number of aromatic amines is 1. The van der Waals surface area contributed by atoms with Crippen LogP contribution in [0, 0.1) is 6.92 Å². The standard InChI is InChI=1S/C18H20N8OS/c1-11-20-10-16(22-11)15-8-13(9-21-26(2)17(19)28)24-18(25-15)23-12-4-6-14(27-3)7-5-12/h4-10H,1-3H3,(H2,19,28)(H,20,22)(H,23,24,25). The van der Waals surface area contributed by atoms with Gasteiger partial charge in [0.05, 0.1) is 24.7 Å². The maximum atomic E-state index is 5.55. The number of rotatable bonds is 6. The van der Waals surface area contributed by atoms with Crippen LogP contribution in [-0.2, 0) is 0 Å². The van der Waals surface area contributed by atoms with Crippen LogP contribution in [-0.4, -0.2) is 50.4 Å². The topological polar surface area (TPSA) is 117 Å². The van der Waals surface area contributed by atoms with E-state index >= 15 is 0 Å². The number of hydrogen-bond acceptors (Lipinski definition) is 7. The molecule has 1 aromatic carbocycles. The van der Waals surface area contributed by atoms with Crippen molar-refractivity contribution in [2.45, 2.75) is 6.92 Å². The normalized spacial score (nSPS) is 10.8. The van der Waals surface area contributed by atoms with E-state index in [9.17, 15) is 0 Å². The van der Waals surface area contributed by atoms with Crippen LogP contribution in [0.15, 0.2) is 41.6 Å². The van der Waals surface area contributed by atoms with Gasteiger partial charge in [0.2, 0.25) is 5.95 Å². The Morgan fingerprint density at radius 3 is 2.61 bits per heavy atom. The highest BCUT2D eigenvalue weighted by Crippen LogP contribution is 2.21. The molecule has 0 atom stereocenters. The lowest BCUT2D eigenvalue weighted by molar-refractivity contribution is 0.415. The fraction of sp³-hybridized carbons (Fsp3) is 0.167. The summed E-state index contributed by atoms with van der Waals surface area (Å²) in [6.07, 6.45) is 3.35. The first-order valence-electron chi connectivity index (χ1n) is 8.34. The highest BCUT2D eigenvalue weighted by molar-refractivity contribution is 7.80. The van der Waals surface area contributed by atoms with Crippen LogP contribution in [0.25, 0.3) is 11.4 Å². The van der Waals surface area contributed by atoms with Crippen molar-refractivity contribution < 1.29 is 4.74 Å². The van der Waals surface area contributed by atoms with Gasteiger partial charge in [0, 0.05) is 18.9 Å². The minimum absolute atomic E-state index is 0.157. The van der Waals surface area contributed by atoms with Gasteiger partial charge in [-0.25, -0.2) is 20.0 Å². The third-order valence-corrected chi connectivity index (χ3v) is 4.01. The molecule has 0 saturated carbocycles. The second kappa shape index (κ2) is 8.44. The molecule has 0 saturated heterocycles. The monoisotopic (exact) mass is 396 g/mol. The summed E-state index contributed by atoms with van der Waals surface area (Å²) in [6.45, 7) is 1.88. The van der Waals surface area contributed by atoms with Gasteiger partial charge in [-0.3, -0.25) is 0 Å². The van der Waals surface area contributed by atoms with E-state index in [2.05, 4.69) is 30.4 Å². The van der Waals surface area contributed by atoms with Gasteiger partial charge in [0.25, 0.3) is 0 Å². The Bertz CT molecular complexity index is 999. The van der Waals surface area contributed by atoms with E-state index in [0.29, 0.717) is 23.0 Å². The molecule has 10 heteroatoms. The van der Waals surface area contributed by atoms with Crippen molar-refractivity contribution >= 4 is 35.2 Å². The lowest BCUT2D eigenvalue weighted by atomic mass is 10.2. The molecule has 2 aromatic heterocycles. The molecule has 2 heterocycles. The van der Waals surface area contributed by atoms with Crippen LogP contribution in [0.3, 0.4) is 0 Å². The molecular formula is C18H20N8OS. The number of methoxy groups -OCH3 is 1. The first-order valence-corrected chi connectivity index (χ1v) is 8.75. The Balaban J connectivity index is 1.95. The number of nitrogens with zero attached hydrogens (tertiary/aromatic N) is 5. The Kier molecular flexibility index (Phi) is 5.80. The zero-order valence-corrected chi connectivity index (χ0v) is 16.5. The molecule has 0 fully saturated rings. The second-order valence-corrected chi connectivity index (χ2v) is 6.25. The van der Waals surface area contributed by atoms with Crippen molar-refractivity contribution in [2.24, 2.45) is 10.8 Å². The van der Waals surface area contributed by atoms with Crippen LogP contribution >= 0.6 is 12.2 Å². The molecule has 0 aliphatic rings. The molecule has 0 spiro atoms. The van der Waals surface area contributed by atoms with E-state index < -0.39 is 0 Å². The molecule has 3 aromatic rings. The van der Waals surface area contributed by atoms with Crippen LogP contribution in [0.2, 0.25) is 0 Å². The number of hydrogen-bond donors (Lipinski definition) is 3. The lowest BCUT2D eigenvalue weighted by Crippen LogP contribution is -2.27. The minimum atomic E-state index is 0.157. The quantitative estimate of drug-likeness (QED) is 0.330. The molecule has 9 nitrogen and oxygen atoms in total. The van der Waals surface area contributed by atoms with Crippen LogP contribution in [0.4, 0.5) is 11.6 Å². The Morgan fingerprint density at radius 2 is 2.00 bits per heavy atom. The van der Waals surface area contributed by atoms with Crippen molar-refractivity contribution in [3.8, 4) is 17.1 Å². The number of hydrazone groups is 1. The molecule has 0 radical (unpaired) electrons. The number of nitrogens with one attached hydrogen (secondary N) is 2. The number of benzene rings is 1. The molecular weight excluding hydrogens is 376 g/mol. The second-order valence-electron chi connectivity index (χ2n) is 5.83. The fourth-order valence-electron chi connectivity index (χ4n) is 2.27. The van der Waals surface area contributed by atoms with E-state index in [1.807, 2.05) is 31.2 Å². The van der Waals surface area contributed by atoms with Crippen molar-refractivity contribution in [1.29, 1.82) is 0 Å². The minimum Gasteiger partial charge on any atom is -0.497 e. The number of aromatic nitrogens is 4. The molecule has 0 aliphatic carbocycles. The zero-order valence-electron chi connectivity index (χ0n) is 15.7. The SMILES string of the molecule is COc1ccc(Nc2nc(C=NN(C)C(N)=S)cc(-c3c[nH]c(C)n3)n2)cc1. The van der Waals surface area contributed by atoms with Crippen LogP contribution in [0.5, 0.6) is 5.75 Å². The maximum absolute atomic E-state index is 5.55. The highest BCUT2D eigenvalue weighted by atomic mass is 32.1. The molecule has 0 bridgehead atoms. The maximum Gasteiger partial charge on any atom is 0.228 e. The summed E-state index contributed by atoms with van der Waals surface area (Å²) in [4.78, 5) is 16.5. The molecule has 28 heavy (non-hydrogen) atoms. The Labute approximate surface area is 167 Å². The van der Waals surface area contributed by atoms with E-state index in [1.165, 1.54) is 5.01 Å². The van der Waals surface area contributed by atoms with Crippen molar-refractivity contribution in [3.63, 3.8) is 0 Å². The van der Waals surface area contributed by atoms with E-state index in [-0.39, 0.29) is 5.11 Å². The van der Waals surface area contributed by atoms with Crippen molar-refractivity contribution in [1.82, 2.24) is 24.9 Å². The summed E-state index contributed by atoms with van der Waals surface area (Å²) in [5.41, 5.74) is 8.30. The molecule has 0 unspecified atom stereocenters. The van der Waals surface area contributed by atoms with Gasteiger partial charge < -0.3 is 20.8 Å². The number of anilines is 2. The van der Waals surface area contributed by atoms with Gasteiger partial charge in [-0.15, -0.1) is 0 Å². The number of aryl methyl sites for hydroxylation is 1. The summed E-state index contributed by atoms with van der Waals surface area (Å²) < 4.78 is 5.18. The average molecular weight is 396 g/mol. The highest BCUT2D eigenvalue weighted by Gasteiger charge is 2.09. The fourth-order valence-corrected chi connectivity index (χ4v) is 2.32. The van der Waals surface area contributed by atoms with Gasteiger partial charge >= 0.3 is 0 Å². The molecule has 4 N–H and O–H groups in total. The summed E-state index contributed by atoms with van der Waals surface area (Å²) >= 11 is 4.89. The predicted octanol–water partition coefficient (Wildman–Crippen LogP) is 2.44. The number of thiocarbonyl (C=S) groups is 1. The third-order valence-electron chi connectivity index (χ3n) is 3.74. The van der Waals surface area contributed by atoms with E-state index in [0.717, 1.165) is 17.3 Å². The van der Waals surface area contributed by atoms with Gasteiger partial charge in [-0.05, 0) is 49.5 Å². The molecule has 0 aliphatic heterocycles. The third kappa shape index (κ3) is 4.80. The number of ether oxygens (including phenoxy) is 1. The van der Waals surface area contributed by atoms with Gasteiger partial charge in [-0.1, -0.05) is 0 Å². The molecule has 0 amide bonds. The number of H-pyrrole nitrogens is 1. The smallest absolute Gasteiger partial charge is 0.228 e. The number of nitrogens with two attached hydrogens (primary N) is 1. The van der Waals surface area contributed by atoms with E-state index in [1.54, 1.807) is 32.6 Å². The predicted molar refractivity (Wildman–Crippen MR) is 113 cm³/mol. The molecule has 3 rings (SSSR count). The van der Waals surface area contributed by atoms with Crippen LogP contribution < -0.4 is 15.8 Å². The Hall–Kier alpha value is -3.53. The van der Waals surface area contributed by atoms with E-state index in [4.69, 9.17) is 22.7 Å². The van der Waals surface area contributed by atoms with Gasteiger partial charge in [-0.2, -0.15) is 5.10 Å². The first kappa shape index (κ1) is 19.2. The molecule has 144 valence electrons. The summed E-state index contributed by atoms with van der Waals surface area (Å²) in [7, 11) is 3.28.